The lowest BCUT2D eigenvalue weighted by Gasteiger charge is -2.34. The highest BCUT2D eigenvalue weighted by Gasteiger charge is 2.49. The van der Waals surface area contributed by atoms with E-state index in [-0.39, 0.29) is 29.6 Å². The van der Waals surface area contributed by atoms with Crippen LogP contribution in [0.4, 0.5) is 0 Å². The van der Waals surface area contributed by atoms with E-state index in [9.17, 15) is 14.4 Å². The number of ether oxygens (including phenoxy) is 1. The molecule has 1 saturated heterocycles. The minimum atomic E-state index is -0.214. The van der Waals surface area contributed by atoms with Crippen molar-refractivity contribution in [3.8, 4) is 5.75 Å². The molecule has 0 radical (unpaired) electrons. The van der Waals surface area contributed by atoms with E-state index in [2.05, 4.69) is 5.32 Å². The van der Waals surface area contributed by atoms with Crippen LogP contribution in [0.15, 0.2) is 24.3 Å². The van der Waals surface area contributed by atoms with Gasteiger partial charge in [0.05, 0.1) is 18.9 Å². The first-order valence-corrected chi connectivity index (χ1v) is 9.44. The van der Waals surface area contributed by atoms with Crippen molar-refractivity contribution in [2.75, 3.05) is 39.8 Å². The van der Waals surface area contributed by atoms with Crippen molar-refractivity contribution in [2.24, 2.45) is 11.8 Å². The molecule has 1 heterocycles. The lowest BCUT2D eigenvalue weighted by Crippen LogP contribution is -2.50. The Hall–Kier alpha value is -2.57. The minimum absolute atomic E-state index is 0.0429. The van der Waals surface area contributed by atoms with Crippen LogP contribution in [0.5, 0.6) is 5.75 Å². The van der Waals surface area contributed by atoms with Crippen molar-refractivity contribution >= 4 is 17.7 Å². The van der Waals surface area contributed by atoms with Crippen molar-refractivity contribution in [3.63, 3.8) is 0 Å². The van der Waals surface area contributed by atoms with Crippen molar-refractivity contribution in [1.29, 1.82) is 0 Å². The van der Waals surface area contributed by atoms with Crippen molar-refractivity contribution in [2.45, 2.75) is 19.8 Å². The molecule has 0 spiro atoms. The van der Waals surface area contributed by atoms with E-state index in [0.29, 0.717) is 39.1 Å². The van der Waals surface area contributed by atoms with Crippen LogP contribution in [0.3, 0.4) is 0 Å². The predicted molar refractivity (Wildman–Crippen MR) is 100 cm³/mol. The lowest BCUT2D eigenvalue weighted by atomic mass is 10.1. The van der Waals surface area contributed by atoms with Crippen LogP contribution < -0.4 is 10.1 Å². The Kier molecular flexibility index (Phi) is 5.98. The van der Waals surface area contributed by atoms with E-state index >= 15 is 0 Å². The fourth-order valence-corrected chi connectivity index (χ4v) is 3.52. The zero-order valence-corrected chi connectivity index (χ0v) is 15.9. The van der Waals surface area contributed by atoms with Crippen LogP contribution in [0, 0.1) is 11.8 Å². The molecular weight excluding hydrogens is 346 g/mol. The second-order valence-corrected chi connectivity index (χ2v) is 7.17. The zero-order chi connectivity index (χ0) is 19.4. The molecule has 3 rings (SSSR count). The fourth-order valence-electron chi connectivity index (χ4n) is 3.52. The molecule has 1 aliphatic heterocycles. The van der Waals surface area contributed by atoms with Gasteiger partial charge in [0.2, 0.25) is 17.7 Å². The summed E-state index contributed by atoms with van der Waals surface area (Å²) in [4.78, 5) is 39.7. The van der Waals surface area contributed by atoms with Crippen molar-refractivity contribution in [1.82, 2.24) is 15.1 Å². The van der Waals surface area contributed by atoms with Gasteiger partial charge in [-0.05, 0) is 30.5 Å². The summed E-state index contributed by atoms with van der Waals surface area (Å²) in [5.41, 5.74) is 1.10. The van der Waals surface area contributed by atoms with Crippen LogP contribution in [-0.4, -0.2) is 67.4 Å². The Balaban J connectivity index is 1.40. The number of carbonyl (C=O) groups excluding carboxylic acids is 3. The van der Waals surface area contributed by atoms with Crippen LogP contribution in [-0.2, 0) is 20.8 Å². The quantitative estimate of drug-likeness (QED) is 0.795. The average molecular weight is 373 g/mol. The SMILES string of the molecule is COc1cccc(CCNC(=O)C2CC2C(=O)N2CCN(C(C)=O)CC2)c1. The van der Waals surface area contributed by atoms with E-state index in [1.54, 1.807) is 23.8 Å². The number of nitrogens with zero attached hydrogens (tertiary/aromatic N) is 2. The molecule has 1 N–H and O–H groups in total. The Bertz CT molecular complexity index is 713. The van der Waals surface area contributed by atoms with Gasteiger partial charge in [0.25, 0.3) is 0 Å². The number of rotatable bonds is 6. The maximum absolute atomic E-state index is 12.5. The molecule has 7 heteroatoms. The number of carbonyl (C=O) groups is 3. The number of hydrogen-bond donors (Lipinski definition) is 1. The lowest BCUT2D eigenvalue weighted by molar-refractivity contribution is -0.140. The van der Waals surface area contributed by atoms with Gasteiger partial charge in [-0.15, -0.1) is 0 Å². The minimum Gasteiger partial charge on any atom is -0.497 e. The summed E-state index contributed by atoms with van der Waals surface area (Å²) in [5.74, 6) is 0.433. The molecule has 1 saturated carbocycles. The van der Waals surface area contributed by atoms with Crippen molar-refractivity contribution in [3.05, 3.63) is 29.8 Å². The third-order valence-corrected chi connectivity index (χ3v) is 5.33. The van der Waals surface area contributed by atoms with Gasteiger partial charge in [-0.1, -0.05) is 12.1 Å². The van der Waals surface area contributed by atoms with Gasteiger partial charge >= 0.3 is 0 Å². The third kappa shape index (κ3) is 4.78. The topological polar surface area (TPSA) is 79.0 Å². The summed E-state index contributed by atoms with van der Waals surface area (Å²) in [7, 11) is 1.63. The van der Waals surface area contributed by atoms with E-state index < -0.39 is 0 Å². The molecule has 1 aliphatic carbocycles. The molecule has 0 aromatic heterocycles. The van der Waals surface area contributed by atoms with E-state index in [4.69, 9.17) is 4.74 Å². The monoisotopic (exact) mass is 373 g/mol. The fraction of sp³-hybridized carbons (Fsp3) is 0.550. The van der Waals surface area contributed by atoms with Gasteiger partial charge in [-0.3, -0.25) is 14.4 Å². The van der Waals surface area contributed by atoms with Gasteiger partial charge in [-0.2, -0.15) is 0 Å². The number of piperazine rings is 1. The van der Waals surface area contributed by atoms with Crippen LogP contribution in [0.2, 0.25) is 0 Å². The second-order valence-electron chi connectivity index (χ2n) is 7.17. The number of nitrogens with one attached hydrogen (secondary N) is 1. The Morgan fingerprint density at radius 1 is 1.11 bits per heavy atom. The maximum atomic E-state index is 12.5. The Morgan fingerprint density at radius 2 is 1.81 bits per heavy atom. The molecular formula is C20H27N3O4. The third-order valence-electron chi connectivity index (χ3n) is 5.33. The number of methoxy groups -OCH3 is 1. The number of benzene rings is 1. The van der Waals surface area contributed by atoms with Gasteiger partial charge < -0.3 is 19.9 Å². The summed E-state index contributed by atoms with van der Waals surface area (Å²) >= 11 is 0. The molecule has 2 atom stereocenters. The highest BCUT2D eigenvalue weighted by atomic mass is 16.5. The summed E-state index contributed by atoms with van der Waals surface area (Å²) in [6.07, 6.45) is 1.35. The number of amides is 3. The van der Waals surface area contributed by atoms with Gasteiger partial charge in [0, 0.05) is 39.6 Å². The highest BCUT2D eigenvalue weighted by molar-refractivity contribution is 5.92. The van der Waals surface area contributed by atoms with Crippen LogP contribution >= 0.6 is 0 Å². The zero-order valence-electron chi connectivity index (χ0n) is 15.9. The summed E-state index contributed by atoms with van der Waals surface area (Å²) < 4.78 is 5.20. The molecule has 2 fully saturated rings. The molecule has 2 aliphatic rings. The number of hydrogen-bond acceptors (Lipinski definition) is 4. The van der Waals surface area contributed by atoms with Crippen molar-refractivity contribution < 1.29 is 19.1 Å². The standard InChI is InChI=1S/C20H27N3O4/c1-14(24)22-8-10-23(11-9-22)20(26)18-13-17(18)19(25)21-7-6-15-4-3-5-16(12-15)27-2/h3-5,12,17-18H,6-11,13H2,1-2H3,(H,21,25). The Labute approximate surface area is 159 Å². The predicted octanol–water partition coefficient (Wildman–Crippen LogP) is 0.681. The smallest absolute Gasteiger partial charge is 0.226 e. The molecule has 1 aromatic rings. The first kappa shape index (κ1) is 19.2. The van der Waals surface area contributed by atoms with Gasteiger partial charge in [-0.25, -0.2) is 0 Å². The normalized spacial score (nSPS) is 21.6. The summed E-state index contributed by atoms with van der Waals surface area (Å²) in [6, 6.07) is 7.77. The van der Waals surface area contributed by atoms with Crippen LogP contribution in [0.1, 0.15) is 18.9 Å². The molecule has 0 bridgehead atoms. The molecule has 27 heavy (non-hydrogen) atoms. The Morgan fingerprint density at radius 3 is 2.48 bits per heavy atom. The largest absolute Gasteiger partial charge is 0.497 e. The van der Waals surface area contributed by atoms with E-state index in [1.165, 1.54) is 0 Å². The average Bonchev–Trinajstić information content (AvgIpc) is 3.48. The van der Waals surface area contributed by atoms with Gasteiger partial charge in [0.1, 0.15) is 5.75 Å². The van der Waals surface area contributed by atoms with Gasteiger partial charge in [0.15, 0.2) is 0 Å². The molecule has 1 aromatic carbocycles. The summed E-state index contributed by atoms with van der Waals surface area (Å²) in [5, 5.41) is 2.94. The highest BCUT2D eigenvalue weighted by Crippen LogP contribution is 2.40. The summed E-state index contributed by atoms with van der Waals surface area (Å²) in [6.45, 7) is 4.35. The maximum Gasteiger partial charge on any atom is 0.226 e. The first-order chi connectivity index (χ1) is 13.0. The first-order valence-electron chi connectivity index (χ1n) is 9.44. The molecule has 146 valence electrons. The second kappa shape index (κ2) is 8.41. The molecule has 2 unspecified atom stereocenters. The van der Waals surface area contributed by atoms with E-state index in [1.807, 2.05) is 24.3 Å². The van der Waals surface area contributed by atoms with E-state index in [0.717, 1.165) is 17.7 Å². The molecule has 7 nitrogen and oxygen atoms in total. The van der Waals surface area contributed by atoms with Crippen LogP contribution in [0.25, 0.3) is 0 Å². The molecule has 3 amide bonds.